The van der Waals surface area contributed by atoms with Gasteiger partial charge in [-0.2, -0.15) is 0 Å². The van der Waals surface area contributed by atoms with Crippen molar-refractivity contribution < 1.29 is 4.39 Å². The Kier molecular flexibility index (Phi) is 6.76. The number of hydrogen-bond donors (Lipinski definition) is 1. The summed E-state index contributed by atoms with van der Waals surface area (Å²) in [7, 11) is 2.04. The van der Waals surface area contributed by atoms with Gasteiger partial charge in [-0.05, 0) is 50.0 Å². The van der Waals surface area contributed by atoms with E-state index in [-0.39, 0.29) is 18.2 Å². The SMILES string of the molecule is CNC1CCCN(CC(C)c2ccc(F)cc2)C1.Cl. The maximum atomic E-state index is 12.9. The van der Waals surface area contributed by atoms with E-state index >= 15 is 0 Å². The summed E-state index contributed by atoms with van der Waals surface area (Å²) in [6, 6.07) is 7.54. The number of likely N-dealkylation sites (tertiary alicyclic amines) is 1. The lowest BCUT2D eigenvalue weighted by Crippen LogP contribution is -2.45. The van der Waals surface area contributed by atoms with Crippen LogP contribution in [0.3, 0.4) is 0 Å². The zero-order chi connectivity index (χ0) is 13.0. The molecule has 2 nitrogen and oxygen atoms in total. The first-order chi connectivity index (χ1) is 8.69. The first-order valence-electron chi connectivity index (χ1n) is 6.84. The molecule has 0 amide bonds. The molecule has 0 spiro atoms. The largest absolute Gasteiger partial charge is 0.316 e. The van der Waals surface area contributed by atoms with Crippen molar-refractivity contribution in [2.75, 3.05) is 26.7 Å². The van der Waals surface area contributed by atoms with E-state index in [2.05, 4.69) is 17.1 Å². The van der Waals surface area contributed by atoms with Crippen molar-refractivity contribution in [3.63, 3.8) is 0 Å². The monoisotopic (exact) mass is 286 g/mol. The van der Waals surface area contributed by atoms with Crippen LogP contribution in [0.4, 0.5) is 4.39 Å². The number of hydrogen-bond acceptors (Lipinski definition) is 2. The Bertz CT molecular complexity index is 369. The molecule has 2 rings (SSSR count). The third-order valence-electron chi connectivity index (χ3n) is 3.88. The number of likely N-dealkylation sites (N-methyl/N-ethyl adjacent to an activating group) is 1. The summed E-state index contributed by atoms with van der Waals surface area (Å²) in [6.07, 6.45) is 2.54. The molecule has 108 valence electrons. The van der Waals surface area contributed by atoms with E-state index in [1.165, 1.54) is 24.9 Å². The molecule has 1 aromatic rings. The Morgan fingerprint density at radius 2 is 2.05 bits per heavy atom. The van der Waals surface area contributed by atoms with Crippen molar-refractivity contribution in [1.29, 1.82) is 0 Å². The van der Waals surface area contributed by atoms with Gasteiger partial charge in [-0.1, -0.05) is 19.1 Å². The second-order valence-electron chi connectivity index (χ2n) is 5.34. The van der Waals surface area contributed by atoms with Gasteiger partial charge in [0.05, 0.1) is 0 Å². The van der Waals surface area contributed by atoms with E-state index in [1.54, 1.807) is 12.1 Å². The van der Waals surface area contributed by atoms with Crippen LogP contribution in [-0.4, -0.2) is 37.6 Å². The normalized spacial score (nSPS) is 21.7. The van der Waals surface area contributed by atoms with Crippen molar-refractivity contribution >= 4 is 12.4 Å². The Hall–Kier alpha value is -0.640. The van der Waals surface area contributed by atoms with Crippen molar-refractivity contribution in [2.45, 2.75) is 31.7 Å². The van der Waals surface area contributed by atoms with E-state index in [0.29, 0.717) is 12.0 Å². The Balaban J connectivity index is 0.00000180. The van der Waals surface area contributed by atoms with Crippen LogP contribution >= 0.6 is 12.4 Å². The molecule has 0 saturated carbocycles. The maximum absolute atomic E-state index is 12.9. The minimum Gasteiger partial charge on any atom is -0.316 e. The molecule has 1 fully saturated rings. The van der Waals surface area contributed by atoms with E-state index in [9.17, 15) is 4.39 Å². The lowest BCUT2D eigenvalue weighted by Gasteiger charge is -2.34. The summed E-state index contributed by atoms with van der Waals surface area (Å²) in [5.74, 6) is 0.306. The first kappa shape index (κ1) is 16.4. The van der Waals surface area contributed by atoms with Crippen LogP contribution in [0, 0.1) is 5.82 Å². The lowest BCUT2D eigenvalue weighted by atomic mass is 9.98. The molecule has 1 heterocycles. The highest BCUT2D eigenvalue weighted by molar-refractivity contribution is 5.85. The van der Waals surface area contributed by atoms with Gasteiger partial charge in [-0.25, -0.2) is 4.39 Å². The molecule has 4 heteroatoms. The van der Waals surface area contributed by atoms with Crippen LogP contribution < -0.4 is 5.32 Å². The van der Waals surface area contributed by atoms with Crippen LogP contribution in [0.2, 0.25) is 0 Å². The molecule has 1 aliphatic heterocycles. The fraction of sp³-hybridized carbons (Fsp3) is 0.600. The fourth-order valence-electron chi connectivity index (χ4n) is 2.74. The number of nitrogens with zero attached hydrogens (tertiary/aromatic N) is 1. The van der Waals surface area contributed by atoms with Crippen molar-refractivity contribution in [3.8, 4) is 0 Å². The molecule has 0 bridgehead atoms. The Labute approximate surface area is 121 Å². The van der Waals surface area contributed by atoms with Gasteiger partial charge in [0.25, 0.3) is 0 Å². The van der Waals surface area contributed by atoms with E-state index < -0.39 is 0 Å². The second kappa shape index (κ2) is 7.83. The highest BCUT2D eigenvalue weighted by atomic mass is 35.5. The smallest absolute Gasteiger partial charge is 0.123 e. The molecule has 2 atom stereocenters. The van der Waals surface area contributed by atoms with Gasteiger partial charge in [0.2, 0.25) is 0 Å². The molecule has 0 aliphatic carbocycles. The quantitative estimate of drug-likeness (QED) is 0.915. The fourth-order valence-corrected chi connectivity index (χ4v) is 2.74. The third kappa shape index (κ3) is 4.75. The van der Waals surface area contributed by atoms with Crippen molar-refractivity contribution in [3.05, 3.63) is 35.6 Å². The van der Waals surface area contributed by atoms with Crippen molar-refractivity contribution in [2.24, 2.45) is 0 Å². The number of rotatable bonds is 4. The Morgan fingerprint density at radius 1 is 1.37 bits per heavy atom. The highest BCUT2D eigenvalue weighted by Crippen LogP contribution is 2.19. The molecule has 1 aliphatic rings. The first-order valence-corrected chi connectivity index (χ1v) is 6.84. The molecule has 1 N–H and O–H groups in total. The van der Waals surface area contributed by atoms with Gasteiger partial charge in [-0.15, -0.1) is 12.4 Å². The van der Waals surface area contributed by atoms with Gasteiger partial charge in [0.15, 0.2) is 0 Å². The lowest BCUT2D eigenvalue weighted by molar-refractivity contribution is 0.187. The summed E-state index contributed by atoms with van der Waals surface area (Å²) in [5, 5.41) is 3.36. The van der Waals surface area contributed by atoms with Gasteiger partial charge in [-0.3, -0.25) is 0 Å². The minimum absolute atomic E-state index is 0. The van der Waals surface area contributed by atoms with Gasteiger partial charge >= 0.3 is 0 Å². The predicted octanol–water partition coefficient (Wildman–Crippen LogP) is 3.03. The average molecular weight is 287 g/mol. The molecule has 0 radical (unpaired) electrons. The summed E-state index contributed by atoms with van der Waals surface area (Å²) in [5.41, 5.74) is 1.22. The molecule has 0 aromatic heterocycles. The van der Waals surface area contributed by atoms with Crippen molar-refractivity contribution in [1.82, 2.24) is 10.2 Å². The average Bonchev–Trinajstić information content (AvgIpc) is 2.39. The van der Waals surface area contributed by atoms with Crippen LogP contribution in [-0.2, 0) is 0 Å². The Morgan fingerprint density at radius 3 is 2.68 bits per heavy atom. The third-order valence-corrected chi connectivity index (χ3v) is 3.88. The number of benzene rings is 1. The topological polar surface area (TPSA) is 15.3 Å². The summed E-state index contributed by atoms with van der Waals surface area (Å²) < 4.78 is 12.9. The van der Waals surface area contributed by atoms with Crippen LogP contribution in [0.15, 0.2) is 24.3 Å². The number of piperidine rings is 1. The molecular weight excluding hydrogens is 263 g/mol. The predicted molar refractivity (Wildman–Crippen MR) is 80.6 cm³/mol. The van der Waals surface area contributed by atoms with Gasteiger partial charge in [0.1, 0.15) is 5.82 Å². The standard InChI is InChI=1S/C15H23FN2.ClH/c1-12(13-5-7-14(16)8-6-13)10-18-9-3-4-15(11-18)17-2;/h5-8,12,15,17H,3-4,9-11H2,1-2H3;1H. The minimum atomic E-state index is -0.154. The van der Waals surface area contributed by atoms with Crippen LogP contribution in [0.1, 0.15) is 31.2 Å². The molecule has 1 saturated heterocycles. The van der Waals surface area contributed by atoms with Crippen LogP contribution in [0.5, 0.6) is 0 Å². The number of halogens is 2. The second-order valence-corrected chi connectivity index (χ2v) is 5.34. The molecular formula is C15H24ClFN2. The molecule has 19 heavy (non-hydrogen) atoms. The zero-order valence-electron chi connectivity index (χ0n) is 11.7. The highest BCUT2D eigenvalue weighted by Gasteiger charge is 2.20. The summed E-state index contributed by atoms with van der Waals surface area (Å²) in [4.78, 5) is 2.51. The number of nitrogens with one attached hydrogen (secondary N) is 1. The summed E-state index contributed by atoms with van der Waals surface area (Å²) in [6.45, 7) is 5.59. The van der Waals surface area contributed by atoms with E-state index in [0.717, 1.165) is 13.1 Å². The van der Waals surface area contributed by atoms with Gasteiger partial charge < -0.3 is 10.2 Å². The maximum Gasteiger partial charge on any atom is 0.123 e. The van der Waals surface area contributed by atoms with E-state index in [4.69, 9.17) is 0 Å². The van der Waals surface area contributed by atoms with Gasteiger partial charge in [0, 0.05) is 19.1 Å². The molecule has 1 aromatic carbocycles. The zero-order valence-corrected chi connectivity index (χ0v) is 12.5. The van der Waals surface area contributed by atoms with E-state index in [1.807, 2.05) is 19.2 Å². The summed E-state index contributed by atoms with van der Waals surface area (Å²) >= 11 is 0. The van der Waals surface area contributed by atoms with Crippen LogP contribution in [0.25, 0.3) is 0 Å². The molecule has 2 unspecified atom stereocenters.